The largest absolute Gasteiger partial charge is 0.381 e. The molecule has 1 atom stereocenters. The Bertz CT molecular complexity index is 332. The van der Waals surface area contributed by atoms with Crippen LogP contribution in [-0.4, -0.2) is 19.8 Å². The minimum Gasteiger partial charge on any atom is -0.381 e. The summed E-state index contributed by atoms with van der Waals surface area (Å²) >= 11 is 0. The van der Waals surface area contributed by atoms with Crippen molar-refractivity contribution in [3.05, 3.63) is 35.9 Å². The molecule has 0 bridgehead atoms. The molecule has 0 saturated carbocycles. The monoisotopic (exact) mass is 261 g/mol. The molecule has 1 saturated heterocycles. The molecule has 2 rings (SSSR count). The summed E-state index contributed by atoms with van der Waals surface area (Å²) in [6.07, 6.45) is 6.44. The van der Waals surface area contributed by atoms with Crippen molar-refractivity contribution in [2.45, 2.75) is 45.1 Å². The van der Waals surface area contributed by atoms with E-state index in [0.29, 0.717) is 6.04 Å². The molecule has 2 nitrogen and oxygen atoms in total. The number of hydrogen-bond donors (Lipinski definition) is 1. The Balaban J connectivity index is 1.77. The highest BCUT2D eigenvalue weighted by atomic mass is 16.5. The van der Waals surface area contributed by atoms with Crippen LogP contribution in [0.1, 0.15) is 50.6 Å². The third-order valence-electron chi connectivity index (χ3n) is 4.10. The molecule has 1 fully saturated rings. The van der Waals surface area contributed by atoms with Gasteiger partial charge in [-0.3, -0.25) is 0 Å². The Morgan fingerprint density at radius 2 is 1.95 bits per heavy atom. The van der Waals surface area contributed by atoms with Gasteiger partial charge in [0.1, 0.15) is 0 Å². The number of hydrogen-bond acceptors (Lipinski definition) is 2. The fourth-order valence-electron chi connectivity index (χ4n) is 2.96. The lowest BCUT2D eigenvalue weighted by Gasteiger charge is -2.23. The van der Waals surface area contributed by atoms with E-state index in [9.17, 15) is 0 Å². The first-order chi connectivity index (χ1) is 9.40. The molecule has 106 valence electrons. The third kappa shape index (κ3) is 4.96. The molecule has 1 heterocycles. The van der Waals surface area contributed by atoms with Gasteiger partial charge in [0, 0.05) is 19.3 Å². The second-order valence-electron chi connectivity index (χ2n) is 5.51. The summed E-state index contributed by atoms with van der Waals surface area (Å²) in [4.78, 5) is 0. The Kier molecular flexibility index (Phi) is 6.38. The van der Waals surface area contributed by atoms with Gasteiger partial charge in [-0.2, -0.15) is 0 Å². The molecule has 1 unspecified atom stereocenters. The maximum absolute atomic E-state index is 5.42. The van der Waals surface area contributed by atoms with E-state index in [2.05, 4.69) is 42.6 Å². The van der Waals surface area contributed by atoms with Crippen molar-refractivity contribution in [3.8, 4) is 0 Å². The van der Waals surface area contributed by atoms with Gasteiger partial charge in [0.25, 0.3) is 0 Å². The quantitative estimate of drug-likeness (QED) is 0.803. The Labute approximate surface area is 117 Å². The zero-order valence-electron chi connectivity index (χ0n) is 12.1. The molecule has 1 aliphatic heterocycles. The lowest BCUT2D eigenvalue weighted by molar-refractivity contribution is 0.0629. The average Bonchev–Trinajstić information content (AvgIpc) is 2.48. The maximum Gasteiger partial charge on any atom is 0.0468 e. The predicted molar refractivity (Wildman–Crippen MR) is 80.3 cm³/mol. The predicted octanol–water partition coefficient (Wildman–Crippen LogP) is 3.93. The van der Waals surface area contributed by atoms with Crippen molar-refractivity contribution >= 4 is 0 Å². The first-order valence-corrected chi connectivity index (χ1v) is 7.76. The molecule has 19 heavy (non-hydrogen) atoms. The summed E-state index contributed by atoms with van der Waals surface area (Å²) in [6.45, 7) is 5.17. The molecule has 0 radical (unpaired) electrons. The standard InChI is InChI=1S/C17H27NO/c1-2-18-17(16-8-4-3-5-9-16)10-6-7-15-11-13-19-14-12-15/h3-5,8-9,15,17-18H,2,6-7,10-14H2,1H3. The second kappa shape index (κ2) is 8.34. The van der Waals surface area contributed by atoms with Crippen LogP contribution in [0.15, 0.2) is 30.3 Å². The Morgan fingerprint density at radius 1 is 1.21 bits per heavy atom. The highest BCUT2D eigenvalue weighted by Gasteiger charge is 2.15. The zero-order valence-corrected chi connectivity index (χ0v) is 12.1. The summed E-state index contributed by atoms with van der Waals surface area (Å²) < 4.78 is 5.42. The fourth-order valence-corrected chi connectivity index (χ4v) is 2.96. The van der Waals surface area contributed by atoms with Gasteiger partial charge in [-0.25, -0.2) is 0 Å². The van der Waals surface area contributed by atoms with Gasteiger partial charge in [0.2, 0.25) is 0 Å². The van der Waals surface area contributed by atoms with E-state index in [1.807, 2.05) is 0 Å². The number of benzene rings is 1. The highest BCUT2D eigenvalue weighted by Crippen LogP contribution is 2.24. The van der Waals surface area contributed by atoms with Crippen LogP contribution in [0.4, 0.5) is 0 Å². The summed E-state index contributed by atoms with van der Waals surface area (Å²) in [7, 11) is 0. The molecular formula is C17H27NO. The van der Waals surface area contributed by atoms with Crippen molar-refractivity contribution in [2.75, 3.05) is 19.8 Å². The fraction of sp³-hybridized carbons (Fsp3) is 0.647. The van der Waals surface area contributed by atoms with Gasteiger partial charge in [-0.05, 0) is 37.3 Å². The molecule has 0 spiro atoms. The third-order valence-corrected chi connectivity index (χ3v) is 4.10. The molecule has 1 aliphatic rings. The van der Waals surface area contributed by atoms with Crippen LogP contribution in [0.3, 0.4) is 0 Å². The van der Waals surface area contributed by atoms with E-state index in [-0.39, 0.29) is 0 Å². The lowest BCUT2D eigenvalue weighted by atomic mass is 9.92. The summed E-state index contributed by atoms with van der Waals surface area (Å²) in [5.74, 6) is 0.895. The SMILES string of the molecule is CCNC(CCCC1CCOCC1)c1ccccc1. The average molecular weight is 261 g/mol. The van der Waals surface area contributed by atoms with E-state index in [4.69, 9.17) is 4.74 Å². The van der Waals surface area contributed by atoms with E-state index in [1.54, 1.807) is 0 Å². The van der Waals surface area contributed by atoms with E-state index in [0.717, 1.165) is 25.7 Å². The van der Waals surface area contributed by atoms with Gasteiger partial charge in [0.15, 0.2) is 0 Å². The zero-order chi connectivity index (χ0) is 13.3. The molecule has 1 N–H and O–H groups in total. The number of rotatable bonds is 7. The maximum atomic E-state index is 5.42. The van der Waals surface area contributed by atoms with Crippen LogP contribution in [-0.2, 0) is 4.74 Å². The normalized spacial score (nSPS) is 18.4. The van der Waals surface area contributed by atoms with Crippen LogP contribution in [0.5, 0.6) is 0 Å². The topological polar surface area (TPSA) is 21.3 Å². The summed E-state index contributed by atoms with van der Waals surface area (Å²) in [5.41, 5.74) is 1.43. The summed E-state index contributed by atoms with van der Waals surface area (Å²) in [6, 6.07) is 11.4. The summed E-state index contributed by atoms with van der Waals surface area (Å²) in [5, 5.41) is 3.61. The minimum atomic E-state index is 0.519. The minimum absolute atomic E-state index is 0.519. The van der Waals surface area contributed by atoms with Crippen molar-refractivity contribution in [2.24, 2.45) is 5.92 Å². The van der Waals surface area contributed by atoms with Gasteiger partial charge < -0.3 is 10.1 Å². The molecule has 2 heteroatoms. The van der Waals surface area contributed by atoms with Crippen molar-refractivity contribution in [3.63, 3.8) is 0 Å². The Hall–Kier alpha value is -0.860. The van der Waals surface area contributed by atoms with E-state index in [1.165, 1.54) is 37.7 Å². The van der Waals surface area contributed by atoms with Gasteiger partial charge in [0.05, 0.1) is 0 Å². The van der Waals surface area contributed by atoms with Crippen LogP contribution >= 0.6 is 0 Å². The van der Waals surface area contributed by atoms with E-state index >= 15 is 0 Å². The first kappa shape index (κ1) is 14.5. The molecular weight excluding hydrogens is 234 g/mol. The van der Waals surface area contributed by atoms with Gasteiger partial charge >= 0.3 is 0 Å². The van der Waals surface area contributed by atoms with Crippen LogP contribution in [0.25, 0.3) is 0 Å². The van der Waals surface area contributed by atoms with E-state index < -0.39 is 0 Å². The van der Waals surface area contributed by atoms with Crippen molar-refractivity contribution in [1.82, 2.24) is 5.32 Å². The molecule has 0 aliphatic carbocycles. The van der Waals surface area contributed by atoms with Crippen LogP contribution < -0.4 is 5.32 Å². The smallest absolute Gasteiger partial charge is 0.0468 e. The van der Waals surface area contributed by atoms with Crippen LogP contribution in [0, 0.1) is 5.92 Å². The van der Waals surface area contributed by atoms with Crippen molar-refractivity contribution < 1.29 is 4.74 Å². The highest BCUT2D eigenvalue weighted by molar-refractivity contribution is 5.18. The first-order valence-electron chi connectivity index (χ1n) is 7.76. The van der Waals surface area contributed by atoms with Gasteiger partial charge in [-0.15, -0.1) is 0 Å². The molecule has 0 amide bonds. The molecule has 1 aromatic carbocycles. The molecule has 0 aromatic heterocycles. The van der Waals surface area contributed by atoms with Crippen LogP contribution in [0.2, 0.25) is 0 Å². The number of ether oxygens (including phenoxy) is 1. The molecule has 1 aromatic rings. The Morgan fingerprint density at radius 3 is 2.63 bits per heavy atom. The lowest BCUT2D eigenvalue weighted by Crippen LogP contribution is -2.21. The number of nitrogens with one attached hydrogen (secondary N) is 1. The van der Waals surface area contributed by atoms with Gasteiger partial charge in [-0.1, -0.05) is 50.1 Å². The second-order valence-corrected chi connectivity index (χ2v) is 5.51. The van der Waals surface area contributed by atoms with Crippen molar-refractivity contribution in [1.29, 1.82) is 0 Å².